The molecular weight excluding hydrogens is 348 g/mol. The van der Waals surface area contributed by atoms with Gasteiger partial charge >= 0.3 is 0 Å². The minimum atomic E-state index is -0.523. The van der Waals surface area contributed by atoms with Gasteiger partial charge in [0.25, 0.3) is 0 Å². The van der Waals surface area contributed by atoms with E-state index in [0.717, 1.165) is 15.8 Å². The van der Waals surface area contributed by atoms with Crippen molar-refractivity contribution < 1.29 is 9.84 Å². The fourth-order valence-corrected chi connectivity index (χ4v) is 3.94. The monoisotopic (exact) mass is 362 g/mol. The van der Waals surface area contributed by atoms with Crippen molar-refractivity contribution in [1.29, 1.82) is 0 Å². The smallest absolute Gasteiger partial charge is 0.133 e. The summed E-state index contributed by atoms with van der Waals surface area (Å²) < 4.78 is 7.33. The van der Waals surface area contributed by atoms with Crippen LogP contribution in [-0.4, -0.2) is 12.2 Å². The number of aliphatic hydroxyl groups excluding tert-OH is 1. The predicted molar refractivity (Wildman–Crippen MR) is 91.2 cm³/mol. The van der Waals surface area contributed by atoms with Crippen LogP contribution in [0.5, 0.6) is 5.75 Å². The standard InChI is InChI=1S/C17H15BrO2S/c1-20-16-7-6-11(8-14(16)18)15(19)9-12-10-21-17-5-3-2-4-13(12)17/h2-8,10,15,19H,9H2,1H3. The van der Waals surface area contributed by atoms with E-state index in [4.69, 9.17) is 4.74 Å². The molecule has 1 N–H and O–H groups in total. The Labute approximate surface area is 136 Å². The molecule has 2 nitrogen and oxygen atoms in total. The Kier molecular flexibility index (Phi) is 4.29. The first kappa shape index (κ1) is 14.6. The number of hydrogen-bond donors (Lipinski definition) is 1. The van der Waals surface area contributed by atoms with Crippen LogP contribution in [0.25, 0.3) is 10.1 Å². The minimum Gasteiger partial charge on any atom is -0.496 e. The van der Waals surface area contributed by atoms with E-state index in [-0.39, 0.29) is 0 Å². The molecular formula is C17H15BrO2S. The topological polar surface area (TPSA) is 29.5 Å². The van der Waals surface area contributed by atoms with E-state index in [1.54, 1.807) is 18.4 Å². The molecule has 4 heteroatoms. The number of halogens is 1. The molecule has 1 aromatic heterocycles. The van der Waals surface area contributed by atoms with Crippen molar-refractivity contribution in [2.24, 2.45) is 0 Å². The summed E-state index contributed by atoms with van der Waals surface area (Å²) in [4.78, 5) is 0. The van der Waals surface area contributed by atoms with Crippen LogP contribution in [-0.2, 0) is 6.42 Å². The molecule has 0 saturated carbocycles. The lowest BCUT2D eigenvalue weighted by Crippen LogP contribution is -2.01. The molecule has 2 aromatic carbocycles. The van der Waals surface area contributed by atoms with E-state index < -0.39 is 6.10 Å². The predicted octanol–water partition coefficient (Wildman–Crippen LogP) is 4.95. The highest BCUT2D eigenvalue weighted by Crippen LogP contribution is 2.32. The molecule has 1 unspecified atom stereocenters. The maximum atomic E-state index is 10.5. The first-order valence-electron chi connectivity index (χ1n) is 6.65. The lowest BCUT2D eigenvalue weighted by atomic mass is 10.0. The summed E-state index contributed by atoms with van der Waals surface area (Å²) in [5.74, 6) is 0.770. The van der Waals surface area contributed by atoms with Gasteiger partial charge in [0.15, 0.2) is 0 Å². The zero-order chi connectivity index (χ0) is 14.8. The van der Waals surface area contributed by atoms with Crippen molar-refractivity contribution in [1.82, 2.24) is 0 Å². The molecule has 3 rings (SSSR count). The normalized spacial score (nSPS) is 12.5. The molecule has 0 amide bonds. The van der Waals surface area contributed by atoms with Crippen molar-refractivity contribution in [2.75, 3.05) is 7.11 Å². The highest BCUT2D eigenvalue weighted by atomic mass is 79.9. The van der Waals surface area contributed by atoms with Crippen LogP contribution in [0.4, 0.5) is 0 Å². The van der Waals surface area contributed by atoms with Gasteiger partial charge in [-0.15, -0.1) is 11.3 Å². The number of benzene rings is 2. The van der Waals surface area contributed by atoms with Gasteiger partial charge in [-0.2, -0.15) is 0 Å². The molecule has 0 aliphatic carbocycles. The van der Waals surface area contributed by atoms with Crippen LogP contribution in [0.15, 0.2) is 52.3 Å². The first-order valence-corrected chi connectivity index (χ1v) is 8.33. The number of rotatable bonds is 4. The molecule has 0 spiro atoms. The number of aliphatic hydroxyl groups is 1. The van der Waals surface area contributed by atoms with Crippen molar-refractivity contribution >= 4 is 37.4 Å². The maximum Gasteiger partial charge on any atom is 0.133 e. The van der Waals surface area contributed by atoms with Gasteiger partial charge in [0.2, 0.25) is 0 Å². The molecule has 0 bridgehead atoms. The largest absolute Gasteiger partial charge is 0.496 e. The number of thiophene rings is 1. The van der Waals surface area contributed by atoms with Crippen LogP contribution >= 0.6 is 27.3 Å². The number of fused-ring (bicyclic) bond motifs is 1. The second kappa shape index (κ2) is 6.18. The van der Waals surface area contributed by atoms with Gasteiger partial charge in [0, 0.05) is 11.1 Å². The number of ether oxygens (including phenoxy) is 1. The van der Waals surface area contributed by atoms with Crippen LogP contribution in [0.1, 0.15) is 17.2 Å². The van der Waals surface area contributed by atoms with E-state index >= 15 is 0 Å². The Morgan fingerprint density at radius 2 is 2.05 bits per heavy atom. The Morgan fingerprint density at radius 1 is 1.24 bits per heavy atom. The van der Waals surface area contributed by atoms with E-state index in [1.807, 2.05) is 30.3 Å². The molecule has 0 aliphatic rings. The summed E-state index contributed by atoms with van der Waals surface area (Å²) >= 11 is 5.18. The van der Waals surface area contributed by atoms with Crippen molar-refractivity contribution in [3.63, 3.8) is 0 Å². The maximum absolute atomic E-state index is 10.5. The van der Waals surface area contributed by atoms with Gasteiger partial charge in [0.05, 0.1) is 17.7 Å². The van der Waals surface area contributed by atoms with Crippen LogP contribution < -0.4 is 4.74 Å². The molecule has 0 aliphatic heterocycles. The molecule has 1 heterocycles. The fourth-order valence-electron chi connectivity index (χ4n) is 2.41. The number of methoxy groups -OCH3 is 1. The van der Waals surface area contributed by atoms with Crippen molar-refractivity contribution in [2.45, 2.75) is 12.5 Å². The molecule has 0 fully saturated rings. The summed E-state index contributed by atoms with van der Waals surface area (Å²) in [6, 6.07) is 14.0. The summed E-state index contributed by atoms with van der Waals surface area (Å²) in [7, 11) is 1.63. The van der Waals surface area contributed by atoms with E-state index in [1.165, 1.54) is 15.6 Å². The zero-order valence-corrected chi connectivity index (χ0v) is 13.9. The molecule has 0 saturated heterocycles. The number of hydrogen-bond acceptors (Lipinski definition) is 3. The zero-order valence-electron chi connectivity index (χ0n) is 11.5. The summed E-state index contributed by atoms with van der Waals surface area (Å²) in [6.07, 6.45) is 0.0909. The lowest BCUT2D eigenvalue weighted by Gasteiger charge is -2.12. The summed E-state index contributed by atoms with van der Waals surface area (Å²) in [6.45, 7) is 0. The Balaban J connectivity index is 1.86. The molecule has 0 radical (unpaired) electrons. The third-order valence-corrected chi connectivity index (χ3v) is 5.17. The van der Waals surface area contributed by atoms with Gasteiger partial charge in [-0.1, -0.05) is 24.3 Å². The van der Waals surface area contributed by atoms with Gasteiger partial charge in [-0.25, -0.2) is 0 Å². The minimum absolute atomic E-state index is 0.523. The van der Waals surface area contributed by atoms with Gasteiger partial charge in [-0.05, 0) is 56.0 Å². The molecule has 108 valence electrons. The molecule has 1 atom stereocenters. The van der Waals surface area contributed by atoms with Crippen LogP contribution in [0, 0.1) is 0 Å². The highest BCUT2D eigenvalue weighted by Gasteiger charge is 2.13. The Bertz CT molecular complexity index is 766. The second-order valence-electron chi connectivity index (χ2n) is 4.87. The second-order valence-corrected chi connectivity index (χ2v) is 6.64. The van der Waals surface area contributed by atoms with Crippen molar-refractivity contribution in [3.05, 3.63) is 63.4 Å². The molecule has 3 aromatic rings. The van der Waals surface area contributed by atoms with E-state index in [0.29, 0.717) is 6.42 Å². The van der Waals surface area contributed by atoms with Crippen LogP contribution in [0.2, 0.25) is 0 Å². The van der Waals surface area contributed by atoms with E-state index in [9.17, 15) is 5.11 Å². The van der Waals surface area contributed by atoms with E-state index in [2.05, 4.69) is 33.4 Å². The SMILES string of the molecule is COc1ccc(C(O)Cc2csc3ccccc23)cc1Br. The van der Waals surface area contributed by atoms with Gasteiger partial charge in [-0.3, -0.25) is 0 Å². The quantitative estimate of drug-likeness (QED) is 0.711. The Morgan fingerprint density at radius 3 is 2.81 bits per heavy atom. The summed E-state index contributed by atoms with van der Waals surface area (Å²) in [5, 5.41) is 13.8. The third kappa shape index (κ3) is 2.98. The lowest BCUT2D eigenvalue weighted by molar-refractivity contribution is 0.179. The average Bonchev–Trinajstić information content (AvgIpc) is 2.90. The fraction of sp³-hybridized carbons (Fsp3) is 0.176. The van der Waals surface area contributed by atoms with Gasteiger partial charge in [0.1, 0.15) is 5.75 Å². The average molecular weight is 363 g/mol. The highest BCUT2D eigenvalue weighted by molar-refractivity contribution is 9.10. The first-order chi connectivity index (χ1) is 10.2. The van der Waals surface area contributed by atoms with Crippen LogP contribution in [0.3, 0.4) is 0 Å². The van der Waals surface area contributed by atoms with Gasteiger partial charge < -0.3 is 9.84 Å². The van der Waals surface area contributed by atoms with Crippen molar-refractivity contribution in [3.8, 4) is 5.75 Å². The Hall–Kier alpha value is -1.36. The summed E-state index contributed by atoms with van der Waals surface area (Å²) in [5.41, 5.74) is 2.08. The third-order valence-electron chi connectivity index (χ3n) is 3.54. The molecule has 21 heavy (non-hydrogen) atoms.